The van der Waals surface area contributed by atoms with E-state index >= 15 is 0 Å². The fourth-order valence-corrected chi connectivity index (χ4v) is 21.5. The Morgan fingerprint density at radius 2 is 0.868 bits per heavy atom. The average molecular weight is 1920 g/mol. The van der Waals surface area contributed by atoms with Crippen LogP contribution in [0.4, 0.5) is 57.1 Å². The molecular formula is C100H127F13N12O11. The number of benzene rings is 4. The summed E-state index contributed by atoms with van der Waals surface area (Å²) in [6.07, 6.45) is -10.8. The number of rotatable bonds is 15. The first-order chi connectivity index (χ1) is 63.7. The van der Waals surface area contributed by atoms with E-state index in [9.17, 15) is 96.1 Å². The van der Waals surface area contributed by atoms with E-state index in [0.29, 0.717) is 192 Å². The van der Waals surface area contributed by atoms with E-state index < -0.39 is 92.3 Å². The van der Waals surface area contributed by atoms with Gasteiger partial charge in [0.05, 0.1) is 65.7 Å². The number of fused-ring (bicyclic) bond motifs is 8. The molecule has 12 heterocycles. The molecule has 0 atom stereocenters. The van der Waals surface area contributed by atoms with Gasteiger partial charge >= 0.3 is 24.7 Å². The molecule has 744 valence electrons. The molecule has 136 heavy (non-hydrogen) atoms. The molecule has 17 rings (SSSR count). The summed E-state index contributed by atoms with van der Waals surface area (Å²) >= 11 is 0. The predicted molar refractivity (Wildman–Crippen MR) is 488 cm³/mol. The van der Waals surface area contributed by atoms with Gasteiger partial charge in [-0.1, -0.05) is 52.8 Å². The molecule has 4 spiro atoms. The third kappa shape index (κ3) is 20.1. The number of likely N-dealkylation sites (tertiary alicyclic amines) is 4. The smallest absolute Gasteiger partial charge is 0.456 e. The van der Waals surface area contributed by atoms with Crippen LogP contribution in [0.15, 0.2) is 127 Å². The first-order valence-electron chi connectivity index (χ1n) is 46.3. The van der Waals surface area contributed by atoms with Gasteiger partial charge in [0.15, 0.2) is 11.5 Å². The normalized spacial score (nSPS) is 19.7. The second-order valence-corrected chi connectivity index (χ2v) is 40.0. The molecule has 4 saturated heterocycles. The molecule has 0 bridgehead atoms. The van der Waals surface area contributed by atoms with E-state index in [1.807, 2.05) is 68.8 Å². The lowest BCUT2D eigenvalue weighted by Crippen LogP contribution is -2.63. The highest BCUT2D eigenvalue weighted by Crippen LogP contribution is 2.51. The van der Waals surface area contributed by atoms with Gasteiger partial charge < -0.3 is 62.3 Å². The largest absolute Gasteiger partial charge is 0.504 e. The van der Waals surface area contributed by atoms with E-state index in [-0.39, 0.29) is 94.6 Å². The highest BCUT2D eigenvalue weighted by molar-refractivity contribution is 6.00. The van der Waals surface area contributed by atoms with Crippen molar-refractivity contribution in [2.45, 2.75) is 241 Å². The van der Waals surface area contributed by atoms with Crippen molar-refractivity contribution in [3.8, 4) is 23.0 Å². The number of ether oxygens (including phenoxy) is 3. The zero-order chi connectivity index (χ0) is 99.0. The van der Waals surface area contributed by atoms with Gasteiger partial charge in [0.25, 0.3) is 35.2 Å². The van der Waals surface area contributed by atoms with Crippen LogP contribution in [-0.4, -0.2) is 217 Å². The summed E-state index contributed by atoms with van der Waals surface area (Å²) < 4.78 is 197. The number of methoxy groups -OCH3 is 2. The highest BCUT2D eigenvalue weighted by Gasteiger charge is 2.55. The minimum absolute atomic E-state index is 0. The summed E-state index contributed by atoms with van der Waals surface area (Å²) in [4.78, 5) is 87.7. The van der Waals surface area contributed by atoms with E-state index in [4.69, 9.17) is 14.2 Å². The van der Waals surface area contributed by atoms with E-state index in [2.05, 4.69) is 50.2 Å². The maximum Gasteiger partial charge on any atom is 0.456 e. The number of carbonyl (C=O) groups is 6. The lowest BCUT2D eigenvalue weighted by Gasteiger charge is -2.51. The first-order valence-corrected chi connectivity index (χ1v) is 46.3. The van der Waals surface area contributed by atoms with Crippen LogP contribution in [0.1, 0.15) is 258 Å². The van der Waals surface area contributed by atoms with Crippen molar-refractivity contribution in [3.63, 3.8) is 0 Å². The molecule has 4 amide bonds. The van der Waals surface area contributed by atoms with Gasteiger partial charge in [-0.3, -0.25) is 49.2 Å². The maximum atomic E-state index is 14.9. The van der Waals surface area contributed by atoms with Crippen molar-refractivity contribution >= 4 is 35.2 Å². The van der Waals surface area contributed by atoms with Gasteiger partial charge in [-0.15, -0.1) is 0 Å². The molecule has 1 aliphatic carbocycles. The van der Waals surface area contributed by atoms with Crippen molar-refractivity contribution in [1.29, 1.82) is 0 Å². The molecule has 23 nitrogen and oxygen atoms in total. The van der Waals surface area contributed by atoms with Crippen LogP contribution >= 0.6 is 0 Å². The number of halogens is 13. The number of hydrogen-bond donors (Lipinski definition) is 4. The predicted octanol–water partition coefficient (Wildman–Crippen LogP) is 18.7. The van der Waals surface area contributed by atoms with Crippen LogP contribution in [-0.2, 0) is 71.7 Å². The number of nitrogens with one attached hydrogen (secondary N) is 2. The van der Waals surface area contributed by atoms with Crippen LogP contribution in [0.5, 0.6) is 23.0 Å². The number of amides is 4. The lowest BCUT2D eigenvalue weighted by molar-refractivity contribution is -0.145. The molecule has 4 aromatic carbocycles. The number of aromatic hydroxyl groups is 1. The monoisotopic (exact) mass is 1920 g/mol. The van der Waals surface area contributed by atoms with Crippen LogP contribution in [0.2, 0.25) is 0 Å². The minimum Gasteiger partial charge on any atom is -0.504 e. The fourth-order valence-electron chi connectivity index (χ4n) is 21.5. The third-order valence-electron chi connectivity index (χ3n) is 29.5. The minimum atomic E-state index is -4.93. The number of phenolic OH excluding ortho intramolecular Hbond substituents is 1. The average Bonchev–Trinajstić information content (AvgIpc) is 1.57. The number of ketones is 2. The number of nitrogens with zero attached hydrogens (tertiary/aromatic N) is 10. The molecule has 8 aliphatic heterocycles. The summed E-state index contributed by atoms with van der Waals surface area (Å²) in [5.41, 5.74) is -0.835. The molecule has 0 radical (unpaired) electrons. The number of phenols is 1. The number of likely N-dealkylation sites (N-methyl/N-ethyl adjacent to an activating group) is 2. The van der Waals surface area contributed by atoms with Crippen molar-refractivity contribution in [2.75, 3.05) is 100 Å². The highest BCUT2D eigenvalue weighted by atomic mass is 19.4. The van der Waals surface area contributed by atoms with Crippen LogP contribution in [0.25, 0.3) is 0 Å². The summed E-state index contributed by atoms with van der Waals surface area (Å²) in [6, 6.07) is 33.6. The van der Waals surface area contributed by atoms with E-state index in [1.54, 1.807) is 82.4 Å². The Kier molecular flexibility index (Phi) is 28.2. The molecule has 5 fully saturated rings. The number of hydrogen-bond acceptors (Lipinski definition) is 15. The van der Waals surface area contributed by atoms with Crippen molar-refractivity contribution in [2.24, 2.45) is 5.92 Å². The number of aliphatic hydroxyl groups is 1. The number of piperidine rings is 4. The second-order valence-electron chi connectivity index (χ2n) is 40.0. The maximum absolute atomic E-state index is 14.9. The molecular weight excluding hydrogens is 1790 g/mol. The molecule has 4 aromatic heterocycles. The summed E-state index contributed by atoms with van der Waals surface area (Å²) in [5.74, 6) is -3.13. The van der Waals surface area contributed by atoms with Crippen molar-refractivity contribution in [1.82, 2.24) is 58.3 Å². The Morgan fingerprint density at radius 3 is 1.29 bits per heavy atom. The third-order valence-corrected chi connectivity index (χ3v) is 29.5. The first kappa shape index (κ1) is 101. The topological polar surface area (TPSA) is 234 Å². The van der Waals surface area contributed by atoms with Crippen molar-refractivity contribution in [3.05, 3.63) is 212 Å². The summed E-state index contributed by atoms with van der Waals surface area (Å²) in [6.45, 7) is 24.1. The number of Topliss-reactive ketones (excluding diaryl/α,β-unsaturated/α-hetero) is 2. The van der Waals surface area contributed by atoms with Gasteiger partial charge in [0, 0.05) is 158 Å². The Bertz CT molecular complexity index is 5750. The van der Waals surface area contributed by atoms with Crippen LogP contribution < -0.4 is 24.8 Å². The zero-order valence-electron chi connectivity index (χ0n) is 79.0. The van der Waals surface area contributed by atoms with Crippen LogP contribution in [0, 0.1) is 11.7 Å². The standard InChI is InChI=1S/C27H34F3N3O3.C27H34F3N3O2.C25H29F4N3O3.C21H24F3N3O3.3H2/c1-18(2)11-16-36-20-7-5-19(6-8-20)24(35)32-14-12-26(13-15-32)22-10-9-21(23(34)27(28,29)30)33(22)17-25(3,4)31-26;1-6-24(2,3)19-9-7-18(8-10-19)23(35)32-15-13-26(14-16-32)21-12-11-20(22(34)27(28,29)30)33(21)17-25(4,5)31-26;1-30-12-13-32-20(25(27,28)29)15-18(26)21(32)23(30)8-10-31(11-9-23)22(33)16-4-5-17(19(14-16)35-2)24(34)6-3-7-24;1-25-11-12-27-17(5-6-18(27)21(22,23)24)20(25)7-9-26(10-8-20)19(29)14-3-4-15(28)16(13-14)30-2;;;/h5-10,18,31H,11-17H2,1-4H3;7-12,31H,6,13-17H2,1-5H3;4-5,14-15,34H,3,6-13H2,1-2H3;3-6,13,28H,7-12H2,1-2H3;3*1H. The van der Waals surface area contributed by atoms with Crippen molar-refractivity contribution < 1.29 is 115 Å². The summed E-state index contributed by atoms with van der Waals surface area (Å²) in [5, 5.41) is 27.7. The van der Waals surface area contributed by atoms with E-state index in [0.717, 1.165) is 35.6 Å². The van der Waals surface area contributed by atoms with Crippen LogP contribution in [0.3, 0.4) is 0 Å². The fraction of sp³-hybridized carbons (Fsp3) is 0.540. The Morgan fingerprint density at radius 1 is 0.463 bits per heavy atom. The van der Waals surface area contributed by atoms with Gasteiger partial charge in [0.1, 0.15) is 28.7 Å². The zero-order valence-corrected chi connectivity index (χ0v) is 79.0. The molecule has 1 saturated carbocycles. The molecule has 36 heteroatoms. The quantitative estimate of drug-likeness (QED) is 0.0552. The lowest BCUT2D eigenvalue weighted by atomic mass is 9.74. The molecule has 0 unspecified atom stereocenters. The second kappa shape index (κ2) is 37.9. The number of aromatic nitrogens is 4. The number of carbonyl (C=O) groups excluding carboxylic acids is 6. The van der Waals surface area contributed by atoms with Gasteiger partial charge in [-0.2, -0.15) is 52.7 Å². The Labute approximate surface area is 787 Å². The Balaban J connectivity index is 0.000000177. The molecule has 8 aromatic rings. The molecule has 9 aliphatic rings. The Hall–Kier alpha value is -10.7. The number of alkyl halides is 12. The summed E-state index contributed by atoms with van der Waals surface area (Å²) in [7, 11) is 6.65. The van der Waals surface area contributed by atoms with Gasteiger partial charge in [-0.05, 0) is 245 Å². The van der Waals surface area contributed by atoms with Gasteiger partial charge in [-0.25, -0.2) is 4.39 Å². The SMILES string of the molecule is CC(C)CCOc1ccc(C(=O)N2CCC3(CC2)NC(C)(C)Cn2c(C(=O)C(F)(F)F)ccc23)cc1.CCC(C)(C)c1ccc(C(=O)N2CCC3(CC2)NC(C)(C)Cn2c(C(=O)C(F)(F)F)ccc23)cc1.COc1cc(C(=O)N2CCC3(CC2)c2c(F)cc(C(F)(F)F)n2CCN3C)ccc1C1(O)CCC1.COc1cc(C(=O)N2CCC3(CC2)c2ccc(C(F)(F)F)n2CCN3C)ccc1O.[HH].[HH].[HH]. The van der Waals surface area contributed by atoms with E-state index in [1.165, 1.54) is 63.8 Å². The molecule has 4 N–H and O–H groups in total. The van der Waals surface area contributed by atoms with Gasteiger partial charge in [0.2, 0.25) is 0 Å².